The highest BCUT2D eigenvalue weighted by Crippen LogP contribution is 2.16. The summed E-state index contributed by atoms with van der Waals surface area (Å²) < 4.78 is 0. The molecule has 32 heavy (non-hydrogen) atoms. The molecule has 1 aliphatic heterocycles. The molecule has 1 saturated heterocycles. The van der Waals surface area contributed by atoms with Crippen LogP contribution < -0.4 is 10.9 Å². The van der Waals surface area contributed by atoms with Crippen LogP contribution in [0.2, 0.25) is 0 Å². The van der Waals surface area contributed by atoms with E-state index in [9.17, 15) is 9.59 Å². The van der Waals surface area contributed by atoms with Crippen molar-refractivity contribution in [2.75, 3.05) is 26.2 Å². The summed E-state index contributed by atoms with van der Waals surface area (Å²) in [6, 6.07) is 17.8. The number of aromatic amines is 1. The topological polar surface area (TPSA) is 68.4 Å². The fourth-order valence-electron chi connectivity index (χ4n) is 4.25. The second kappa shape index (κ2) is 10.5. The Morgan fingerprint density at radius 3 is 2.59 bits per heavy atom. The molecule has 6 nitrogen and oxygen atoms in total. The maximum absolute atomic E-state index is 13.1. The monoisotopic (exact) mass is 432 g/mol. The Morgan fingerprint density at radius 1 is 1.06 bits per heavy atom. The fourth-order valence-corrected chi connectivity index (χ4v) is 4.25. The molecular weight excluding hydrogens is 400 g/mol. The van der Waals surface area contributed by atoms with E-state index in [2.05, 4.69) is 28.2 Å². The standard InChI is InChI=1S/C26H32N4O2/c1-2-20-10-11-24-22(16-20)17-23(25(31)28-24)19-30(15-14-29-12-6-7-13-29)26(32)27-18-21-8-4-3-5-9-21/h3-5,8-11,16-17H,2,6-7,12-15,18-19H2,1H3,(H,27,32)(H,28,31). The number of aryl methyl sites for hydroxylation is 1. The van der Waals surface area contributed by atoms with Gasteiger partial charge in [-0.25, -0.2) is 4.79 Å². The molecule has 0 saturated carbocycles. The number of H-pyrrole nitrogens is 1. The summed E-state index contributed by atoms with van der Waals surface area (Å²) in [5.74, 6) is 0. The lowest BCUT2D eigenvalue weighted by Crippen LogP contribution is -2.43. The van der Waals surface area contributed by atoms with Gasteiger partial charge >= 0.3 is 6.03 Å². The number of pyridine rings is 1. The second-order valence-corrected chi connectivity index (χ2v) is 8.51. The number of nitrogens with one attached hydrogen (secondary N) is 2. The molecule has 0 bridgehead atoms. The maximum atomic E-state index is 13.1. The van der Waals surface area contributed by atoms with Crippen molar-refractivity contribution >= 4 is 16.9 Å². The lowest BCUT2D eigenvalue weighted by Gasteiger charge is -2.26. The zero-order valence-electron chi connectivity index (χ0n) is 18.8. The number of hydrogen-bond acceptors (Lipinski definition) is 3. The van der Waals surface area contributed by atoms with E-state index in [0.717, 1.165) is 42.5 Å². The van der Waals surface area contributed by atoms with E-state index >= 15 is 0 Å². The molecule has 0 radical (unpaired) electrons. The van der Waals surface area contributed by atoms with E-state index in [-0.39, 0.29) is 18.1 Å². The van der Waals surface area contributed by atoms with Gasteiger partial charge in [0.05, 0.1) is 6.54 Å². The van der Waals surface area contributed by atoms with Crippen molar-refractivity contribution in [3.05, 3.63) is 81.6 Å². The number of carbonyl (C=O) groups excluding carboxylic acids is 1. The minimum atomic E-state index is -0.144. The Bertz CT molecular complexity index is 1100. The molecule has 6 heteroatoms. The van der Waals surface area contributed by atoms with E-state index in [4.69, 9.17) is 0 Å². The first-order chi connectivity index (χ1) is 15.6. The fraction of sp³-hybridized carbons (Fsp3) is 0.385. The SMILES string of the molecule is CCc1ccc2[nH]c(=O)c(CN(CCN3CCCC3)C(=O)NCc3ccccc3)cc2c1. The summed E-state index contributed by atoms with van der Waals surface area (Å²) in [7, 11) is 0. The van der Waals surface area contributed by atoms with Crippen LogP contribution in [0.5, 0.6) is 0 Å². The summed E-state index contributed by atoms with van der Waals surface area (Å²) in [5, 5.41) is 4.03. The Morgan fingerprint density at radius 2 is 1.84 bits per heavy atom. The Hall–Kier alpha value is -3.12. The van der Waals surface area contributed by atoms with Crippen LogP contribution >= 0.6 is 0 Å². The minimum Gasteiger partial charge on any atom is -0.334 e. The predicted molar refractivity (Wildman–Crippen MR) is 129 cm³/mol. The molecule has 0 aliphatic carbocycles. The molecule has 168 valence electrons. The predicted octanol–water partition coefficient (Wildman–Crippen LogP) is 3.90. The van der Waals surface area contributed by atoms with Crippen LogP contribution in [-0.2, 0) is 19.5 Å². The Balaban J connectivity index is 1.52. The highest BCUT2D eigenvalue weighted by Gasteiger charge is 2.19. The van der Waals surface area contributed by atoms with Gasteiger partial charge in [-0.2, -0.15) is 0 Å². The molecule has 4 rings (SSSR count). The molecule has 2 amide bonds. The molecule has 0 unspecified atom stereocenters. The first kappa shape index (κ1) is 22.1. The van der Waals surface area contributed by atoms with Gasteiger partial charge in [0.25, 0.3) is 5.56 Å². The van der Waals surface area contributed by atoms with E-state index < -0.39 is 0 Å². The molecule has 1 aliphatic rings. The van der Waals surface area contributed by atoms with E-state index in [1.54, 1.807) is 4.90 Å². The highest BCUT2D eigenvalue weighted by atomic mass is 16.2. The number of rotatable bonds is 8. The lowest BCUT2D eigenvalue weighted by molar-refractivity contribution is 0.184. The van der Waals surface area contributed by atoms with E-state index in [0.29, 0.717) is 18.7 Å². The van der Waals surface area contributed by atoms with Gasteiger partial charge in [-0.05, 0) is 67.1 Å². The van der Waals surface area contributed by atoms with Crippen LogP contribution in [0.15, 0.2) is 59.4 Å². The summed E-state index contributed by atoms with van der Waals surface area (Å²) >= 11 is 0. The molecule has 2 heterocycles. The third kappa shape index (κ3) is 5.56. The van der Waals surface area contributed by atoms with E-state index in [1.807, 2.05) is 48.5 Å². The number of likely N-dealkylation sites (tertiary alicyclic amines) is 1. The molecule has 2 aromatic carbocycles. The second-order valence-electron chi connectivity index (χ2n) is 8.51. The number of urea groups is 1. The number of aromatic nitrogens is 1. The van der Waals surface area contributed by atoms with E-state index in [1.165, 1.54) is 18.4 Å². The van der Waals surface area contributed by atoms with Crippen molar-refractivity contribution in [3.63, 3.8) is 0 Å². The number of benzene rings is 2. The largest absolute Gasteiger partial charge is 0.334 e. The number of nitrogens with zero attached hydrogens (tertiary/aromatic N) is 2. The zero-order valence-corrected chi connectivity index (χ0v) is 18.8. The van der Waals surface area contributed by atoms with Crippen LogP contribution in [0.25, 0.3) is 10.9 Å². The summed E-state index contributed by atoms with van der Waals surface area (Å²) in [6.45, 7) is 6.44. The number of hydrogen-bond donors (Lipinski definition) is 2. The number of amides is 2. The van der Waals surface area contributed by atoms with Crippen molar-refractivity contribution in [2.45, 2.75) is 39.3 Å². The summed E-state index contributed by atoms with van der Waals surface area (Å²) in [6.07, 6.45) is 3.36. The Labute approximate surface area is 189 Å². The van der Waals surface area contributed by atoms with Crippen molar-refractivity contribution in [3.8, 4) is 0 Å². The van der Waals surface area contributed by atoms with Gasteiger partial charge in [0.15, 0.2) is 0 Å². The molecule has 0 atom stereocenters. The van der Waals surface area contributed by atoms with Gasteiger partial charge < -0.3 is 20.1 Å². The van der Waals surface area contributed by atoms with Gasteiger partial charge in [0.2, 0.25) is 0 Å². The van der Waals surface area contributed by atoms with Crippen LogP contribution in [0, 0.1) is 0 Å². The first-order valence-corrected chi connectivity index (χ1v) is 11.6. The molecular formula is C26H32N4O2. The third-order valence-electron chi connectivity index (χ3n) is 6.21. The van der Waals surface area contributed by atoms with Gasteiger partial charge in [-0.15, -0.1) is 0 Å². The smallest absolute Gasteiger partial charge is 0.318 e. The molecule has 1 aromatic heterocycles. The molecule has 1 fully saturated rings. The summed E-state index contributed by atoms with van der Waals surface area (Å²) in [4.78, 5) is 33.0. The van der Waals surface area contributed by atoms with Gasteiger partial charge in [-0.3, -0.25) is 4.79 Å². The van der Waals surface area contributed by atoms with Crippen LogP contribution in [0.4, 0.5) is 4.79 Å². The van der Waals surface area contributed by atoms with Gasteiger partial charge in [0, 0.05) is 30.7 Å². The normalized spacial score (nSPS) is 14.0. The van der Waals surface area contributed by atoms with Crippen LogP contribution in [0.3, 0.4) is 0 Å². The first-order valence-electron chi connectivity index (χ1n) is 11.6. The highest BCUT2D eigenvalue weighted by molar-refractivity contribution is 5.80. The maximum Gasteiger partial charge on any atom is 0.318 e. The van der Waals surface area contributed by atoms with Crippen molar-refractivity contribution in [1.29, 1.82) is 0 Å². The number of fused-ring (bicyclic) bond motifs is 1. The molecule has 2 N–H and O–H groups in total. The third-order valence-corrected chi connectivity index (χ3v) is 6.21. The van der Waals surface area contributed by atoms with Crippen molar-refractivity contribution in [1.82, 2.24) is 20.1 Å². The van der Waals surface area contributed by atoms with Crippen LogP contribution in [0.1, 0.15) is 36.5 Å². The molecule has 0 spiro atoms. The number of carbonyl (C=O) groups is 1. The van der Waals surface area contributed by atoms with Crippen molar-refractivity contribution in [2.24, 2.45) is 0 Å². The van der Waals surface area contributed by atoms with Crippen molar-refractivity contribution < 1.29 is 4.79 Å². The zero-order chi connectivity index (χ0) is 22.3. The summed E-state index contributed by atoms with van der Waals surface area (Å²) in [5.41, 5.74) is 3.58. The quantitative estimate of drug-likeness (QED) is 0.567. The average molecular weight is 433 g/mol. The minimum absolute atomic E-state index is 0.135. The lowest BCUT2D eigenvalue weighted by atomic mass is 10.1. The molecule has 3 aromatic rings. The average Bonchev–Trinajstić information content (AvgIpc) is 3.34. The van der Waals surface area contributed by atoms with Gasteiger partial charge in [0.1, 0.15) is 0 Å². The van der Waals surface area contributed by atoms with Gasteiger partial charge in [-0.1, -0.05) is 43.3 Å². The Kier molecular flexibility index (Phi) is 7.22. The van der Waals surface area contributed by atoms with Crippen LogP contribution in [-0.4, -0.2) is 47.0 Å².